The van der Waals surface area contributed by atoms with E-state index in [2.05, 4.69) is 54.9 Å². The number of hydrogen-bond acceptors (Lipinski definition) is 1. The maximum Gasteiger partial charge on any atom is 0.0719 e. The summed E-state index contributed by atoms with van der Waals surface area (Å²) >= 11 is 3.51. The zero-order valence-corrected chi connectivity index (χ0v) is 12.3. The molecule has 0 amide bonds. The predicted octanol–water partition coefficient (Wildman–Crippen LogP) is 4.82. The molecule has 0 bridgehead atoms. The number of fused-ring (bicyclic) bond motifs is 1. The van der Waals surface area contributed by atoms with Gasteiger partial charge in [-0.1, -0.05) is 42.3 Å². The SMILES string of the molecule is CCCc1c(C)nc2cc(Br)ccc2c1CC. The van der Waals surface area contributed by atoms with Crippen molar-refractivity contribution in [2.24, 2.45) is 0 Å². The second kappa shape index (κ2) is 5.18. The van der Waals surface area contributed by atoms with Crippen molar-refractivity contribution in [2.45, 2.75) is 40.0 Å². The molecule has 0 unspecified atom stereocenters. The molecule has 0 saturated carbocycles. The molecule has 0 spiro atoms. The second-order valence-electron chi connectivity index (χ2n) is 4.42. The van der Waals surface area contributed by atoms with Crippen LogP contribution in [0.15, 0.2) is 22.7 Å². The number of aromatic nitrogens is 1. The van der Waals surface area contributed by atoms with Crippen LogP contribution in [-0.2, 0) is 12.8 Å². The van der Waals surface area contributed by atoms with E-state index in [9.17, 15) is 0 Å². The highest BCUT2D eigenvalue weighted by Crippen LogP contribution is 2.27. The summed E-state index contributed by atoms with van der Waals surface area (Å²) in [5.74, 6) is 0. The minimum atomic E-state index is 1.08. The van der Waals surface area contributed by atoms with Crippen molar-refractivity contribution in [3.63, 3.8) is 0 Å². The molecule has 0 aliphatic rings. The molecule has 90 valence electrons. The fourth-order valence-electron chi connectivity index (χ4n) is 2.47. The number of aryl methyl sites for hydroxylation is 2. The lowest BCUT2D eigenvalue weighted by atomic mass is 9.96. The minimum Gasteiger partial charge on any atom is -0.253 e. The highest BCUT2D eigenvalue weighted by molar-refractivity contribution is 9.10. The molecule has 1 aromatic carbocycles. The number of benzene rings is 1. The van der Waals surface area contributed by atoms with Crippen molar-refractivity contribution in [1.82, 2.24) is 4.98 Å². The summed E-state index contributed by atoms with van der Waals surface area (Å²) < 4.78 is 1.10. The Morgan fingerprint density at radius 3 is 2.59 bits per heavy atom. The lowest BCUT2D eigenvalue weighted by Gasteiger charge is -2.13. The topological polar surface area (TPSA) is 12.9 Å². The molecule has 2 heteroatoms. The fraction of sp³-hybridized carbons (Fsp3) is 0.400. The largest absolute Gasteiger partial charge is 0.253 e. The molecular weight excluding hydrogens is 274 g/mol. The molecule has 0 radical (unpaired) electrons. The average molecular weight is 292 g/mol. The Kier molecular flexibility index (Phi) is 3.82. The van der Waals surface area contributed by atoms with Crippen molar-refractivity contribution in [3.8, 4) is 0 Å². The van der Waals surface area contributed by atoms with Gasteiger partial charge in [0.2, 0.25) is 0 Å². The van der Waals surface area contributed by atoms with E-state index in [-0.39, 0.29) is 0 Å². The van der Waals surface area contributed by atoms with E-state index >= 15 is 0 Å². The number of halogens is 1. The maximum absolute atomic E-state index is 4.73. The Morgan fingerprint density at radius 1 is 1.18 bits per heavy atom. The number of hydrogen-bond donors (Lipinski definition) is 0. The van der Waals surface area contributed by atoms with Gasteiger partial charge in [-0.3, -0.25) is 4.98 Å². The van der Waals surface area contributed by atoms with Gasteiger partial charge < -0.3 is 0 Å². The van der Waals surface area contributed by atoms with E-state index in [1.807, 2.05) is 0 Å². The first-order valence-corrected chi connectivity index (χ1v) is 7.04. The van der Waals surface area contributed by atoms with Crippen molar-refractivity contribution in [1.29, 1.82) is 0 Å². The minimum absolute atomic E-state index is 1.08. The molecular formula is C15H18BrN. The van der Waals surface area contributed by atoms with Crippen LogP contribution in [0.25, 0.3) is 10.9 Å². The van der Waals surface area contributed by atoms with E-state index in [4.69, 9.17) is 4.98 Å². The lowest BCUT2D eigenvalue weighted by Crippen LogP contribution is -2.01. The molecule has 0 aliphatic carbocycles. The summed E-state index contributed by atoms with van der Waals surface area (Å²) in [4.78, 5) is 4.73. The lowest BCUT2D eigenvalue weighted by molar-refractivity contribution is 0.882. The van der Waals surface area contributed by atoms with Gasteiger partial charge in [0.25, 0.3) is 0 Å². The fourth-order valence-corrected chi connectivity index (χ4v) is 2.82. The standard InChI is InChI=1S/C15H18BrN/c1-4-6-13-10(3)17-15-9-11(16)7-8-14(15)12(13)5-2/h7-9H,4-6H2,1-3H3. The molecule has 1 aromatic heterocycles. The summed E-state index contributed by atoms with van der Waals surface area (Å²) in [6, 6.07) is 6.40. The third kappa shape index (κ3) is 2.37. The van der Waals surface area contributed by atoms with Crippen LogP contribution in [0.5, 0.6) is 0 Å². The number of pyridine rings is 1. The van der Waals surface area contributed by atoms with Crippen LogP contribution >= 0.6 is 15.9 Å². The average Bonchev–Trinajstić information content (AvgIpc) is 2.30. The Balaban J connectivity index is 2.75. The maximum atomic E-state index is 4.73. The molecule has 1 heterocycles. The number of rotatable bonds is 3. The van der Waals surface area contributed by atoms with Gasteiger partial charge in [0.05, 0.1) is 5.52 Å². The van der Waals surface area contributed by atoms with Crippen LogP contribution in [0.2, 0.25) is 0 Å². The highest BCUT2D eigenvalue weighted by atomic mass is 79.9. The monoisotopic (exact) mass is 291 g/mol. The van der Waals surface area contributed by atoms with Gasteiger partial charge in [0.1, 0.15) is 0 Å². The Labute approximate surface area is 111 Å². The molecule has 0 saturated heterocycles. The van der Waals surface area contributed by atoms with Crippen molar-refractivity contribution in [2.75, 3.05) is 0 Å². The first kappa shape index (κ1) is 12.6. The van der Waals surface area contributed by atoms with Crippen molar-refractivity contribution < 1.29 is 0 Å². The third-order valence-corrected chi connectivity index (χ3v) is 3.72. The van der Waals surface area contributed by atoms with Crippen molar-refractivity contribution in [3.05, 3.63) is 39.5 Å². The zero-order valence-electron chi connectivity index (χ0n) is 10.7. The van der Waals surface area contributed by atoms with E-state index in [1.165, 1.54) is 28.6 Å². The van der Waals surface area contributed by atoms with Crippen LogP contribution in [0, 0.1) is 6.92 Å². The summed E-state index contributed by atoms with van der Waals surface area (Å²) in [7, 11) is 0. The van der Waals surface area contributed by atoms with Crippen LogP contribution < -0.4 is 0 Å². The third-order valence-electron chi connectivity index (χ3n) is 3.23. The normalized spacial score (nSPS) is 11.1. The molecule has 0 aliphatic heterocycles. The van der Waals surface area contributed by atoms with Gasteiger partial charge in [-0.05, 0) is 43.0 Å². The number of nitrogens with zero attached hydrogens (tertiary/aromatic N) is 1. The van der Waals surface area contributed by atoms with Gasteiger partial charge in [0, 0.05) is 15.6 Å². The van der Waals surface area contributed by atoms with Crippen molar-refractivity contribution >= 4 is 26.8 Å². The van der Waals surface area contributed by atoms with Gasteiger partial charge >= 0.3 is 0 Å². The highest BCUT2D eigenvalue weighted by Gasteiger charge is 2.10. The van der Waals surface area contributed by atoms with Crippen LogP contribution in [0.4, 0.5) is 0 Å². The second-order valence-corrected chi connectivity index (χ2v) is 5.34. The predicted molar refractivity (Wildman–Crippen MR) is 77.6 cm³/mol. The first-order valence-electron chi connectivity index (χ1n) is 6.25. The van der Waals surface area contributed by atoms with Crippen LogP contribution in [-0.4, -0.2) is 4.98 Å². The van der Waals surface area contributed by atoms with E-state index in [0.29, 0.717) is 0 Å². The smallest absolute Gasteiger partial charge is 0.0719 e. The molecule has 17 heavy (non-hydrogen) atoms. The summed E-state index contributed by atoms with van der Waals surface area (Å²) in [5.41, 5.74) is 5.22. The zero-order chi connectivity index (χ0) is 12.4. The summed E-state index contributed by atoms with van der Waals surface area (Å²) in [6.07, 6.45) is 3.39. The Bertz CT molecular complexity index is 546. The summed E-state index contributed by atoms with van der Waals surface area (Å²) in [5, 5.41) is 1.31. The summed E-state index contributed by atoms with van der Waals surface area (Å²) in [6.45, 7) is 6.59. The molecule has 2 aromatic rings. The van der Waals surface area contributed by atoms with Gasteiger partial charge in [-0.2, -0.15) is 0 Å². The van der Waals surface area contributed by atoms with Gasteiger partial charge in [-0.15, -0.1) is 0 Å². The molecule has 0 atom stereocenters. The van der Waals surface area contributed by atoms with Gasteiger partial charge in [0.15, 0.2) is 0 Å². The molecule has 0 fully saturated rings. The van der Waals surface area contributed by atoms with E-state index in [0.717, 1.165) is 22.8 Å². The van der Waals surface area contributed by atoms with Gasteiger partial charge in [-0.25, -0.2) is 0 Å². The van der Waals surface area contributed by atoms with Crippen LogP contribution in [0.1, 0.15) is 37.1 Å². The Morgan fingerprint density at radius 2 is 1.94 bits per heavy atom. The quantitative estimate of drug-likeness (QED) is 0.790. The first-order chi connectivity index (χ1) is 8.17. The van der Waals surface area contributed by atoms with Crippen LogP contribution in [0.3, 0.4) is 0 Å². The molecule has 0 N–H and O–H groups in total. The molecule has 2 rings (SSSR count). The molecule has 1 nitrogen and oxygen atoms in total. The van der Waals surface area contributed by atoms with E-state index in [1.54, 1.807) is 0 Å². The van der Waals surface area contributed by atoms with E-state index < -0.39 is 0 Å². The Hall–Kier alpha value is -0.890.